The number of nitrogens with zero attached hydrogens (tertiary/aromatic N) is 1. The minimum absolute atomic E-state index is 0.0757. The zero-order valence-electron chi connectivity index (χ0n) is 8.59. The molecule has 1 N–H and O–H groups in total. The molecule has 76 valence electrons. The fraction of sp³-hybridized carbons (Fsp3) is 0.889. The van der Waals surface area contributed by atoms with Crippen LogP contribution in [0.3, 0.4) is 0 Å². The van der Waals surface area contributed by atoms with Gasteiger partial charge in [-0.25, -0.2) is 0 Å². The number of carbonyl (C=O) groups excluding carboxylic acids is 1. The van der Waals surface area contributed by atoms with Crippen molar-refractivity contribution in [2.24, 2.45) is 0 Å². The summed E-state index contributed by atoms with van der Waals surface area (Å²) < 4.78 is 0. The highest BCUT2D eigenvalue weighted by Gasteiger charge is 2.27. The topological polar surface area (TPSA) is 32.3 Å². The van der Waals surface area contributed by atoms with E-state index >= 15 is 0 Å². The zero-order chi connectivity index (χ0) is 9.90. The number of hydrogen-bond acceptors (Lipinski definition) is 3. The molecule has 0 radical (unpaired) electrons. The quantitative estimate of drug-likeness (QED) is 0.710. The first-order chi connectivity index (χ1) is 6.05. The van der Waals surface area contributed by atoms with Crippen molar-refractivity contribution in [1.82, 2.24) is 10.2 Å². The number of rotatable bonds is 2. The van der Waals surface area contributed by atoms with Gasteiger partial charge in [0, 0.05) is 25.2 Å². The molecule has 1 aliphatic rings. The van der Waals surface area contributed by atoms with E-state index in [4.69, 9.17) is 0 Å². The van der Waals surface area contributed by atoms with Crippen LogP contribution < -0.4 is 5.32 Å². The Morgan fingerprint density at radius 1 is 1.62 bits per heavy atom. The maximum absolute atomic E-state index is 11.6. The van der Waals surface area contributed by atoms with Gasteiger partial charge in [0.15, 0.2) is 0 Å². The molecule has 1 rings (SSSR count). The third kappa shape index (κ3) is 3.19. The van der Waals surface area contributed by atoms with Gasteiger partial charge in [-0.1, -0.05) is 0 Å². The lowest BCUT2D eigenvalue weighted by molar-refractivity contribution is -0.130. The molecule has 1 amide bonds. The van der Waals surface area contributed by atoms with E-state index in [-0.39, 0.29) is 11.4 Å². The fourth-order valence-corrected chi connectivity index (χ4v) is 2.00. The van der Waals surface area contributed by atoms with E-state index in [1.807, 2.05) is 11.2 Å². The Hall–Kier alpha value is -0.220. The summed E-state index contributed by atoms with van der Waals surface area (Å²) in [6.45, 7) is 6.85. The Morgan fingerprint density at radius 3 is 2.85 bits per heavy atom. The van der Waals surface area contributed by atoms with Gasteiger partial charge in [-0.2, -0.15) is 11.8 Å². The summed E-state index contributed by atoms with van der Waals surface area (Å²) >= 11 is 1.59. The Morgan fingerprint density at radius 2 is 2.31 bits per heavy atom. The second kappa shape index (κ2) is 4.33. The third-order valence-electron chi connectivity index (χ3n) is 2.19. The van der Waals surface area contributed by atoms with Crippen molar-refractivity contribution in [3.05, 3.63) is 0 Å². The molecule has 1 fully saturated rings. The van der Waals surface area contributed by atoms with Crippen LogP contribution in [0.5, 0.6) is 0 Å². The average Bonchev–Trinajstić information content (AvgIpc) is 2.03. The minimum atomic E-state index is 0.0757. The lowest BCUT2D eigenvalue weighted by atomic mass is 10.0. The third-order valence-corrected chi connectivity index (χ3v) is 2.73. The van der Waals surface area contributed by atoms with Crippen LogP contribution in [-0.2, 0) is 4.79 Å². The van der Waals surface area contributed by atoms with Crippen molar-refractivity contribution in [3.8, 4) is 0 Å². The van der Waals surface area contributed by atoms with E-state index in [9.17, 15) is 4.79 Å². The highest BCUT2D eigenvalue weighted by atomic mass is 32.2. The number of nitrogens with one attached hydrogen (secondary N) is 1. The fourth-order valence-electron chi connectivity index (χ4n) is 1.57. The number of thioether (sulfide) groups is 1. The van der Waals surface area contributed by atoms with E-state index in [1.54, 1.807) is 11.8 Å². The first kappa shape index (κ1) is 10.9. The maximum atomic E-state index is 11.6. The van der Waals surface area contributed by atoms with E-state index in [0.717, 1.165) is 19.6 Å². The van der Waals surface area contributed by atoms with Gasteiger partial charge < -0.3 is 10.2 Å². The predicted octanol–water partition coefficient (Wildman–Crippen LogP) is 0.560. The lowest BCUT2D eigenvalue weighted by Crippen LogP contribution is -2.58. The molecule has 0 bridgehead atoms. The van der Waals surface area contributed by atoms with Crippen LogP contribution in [0, 0.1) is 0 Å². The number of piperazine rings is 1. The molecule has 0 saturated carbocycles. The van der Waals surface area contributed by atoms with E-state index in [1.165, 1.54) is 0 Å². The molecule has 1 heterocycles. The molecule has 0 aromatic carbocycles. The first-order valence-electron chi connectivity index (χ1n) is 4.57. The molecule has 0 unspecified atom stereocenters. The second-order valence-electron chi connectivity index (χ2n) is 4.06. The van der Waals surface area contributed by atoms with Crippen molar-refractivity contribution in [3.63, 3.8) is 0 Å². The Balaban J connectivity index is 2.47. The SMILES string of the molecule is CSCC(=O)N1CCNC(C)(C)C1. The molecule has 0 atom stereocenters. The van der Waals surface area contributed by atoms with E-state index in [0.29, 0.717) is 5.75 Å². The Kier molecular flexibility index (Phi) is 3.62. The molecular formula is C9H18N2OS. The van der Waals surface area contributed by atoms with Gasteiger partial charge in [-0.05, 0) is 20.1 Å². The molecule has 0 aromatic heterocycles. The van der Waals surface area contributed by atoms with Gasteiger partial charge in [-0.3, -0.25) is 4.79 Å². The predicted molar refractivity (Wildman–Crippen MR) is 57.0 cm³/mol. The highest BCUT2D eigenvalue weighted by molar-refractivity contribution is 7.99. The van der Waals surface area contributed by atoms with Crippen molar-refractivity contribution >= 4 is 17.7 Å². The summed E-state index contributed by atoms with van der Waals surface area (Å²) in [4.78, 5) is 13.5. The van der Waals surface area contributed by atoms with Crippen LogP contribution in [0.4, 0.5) is 0 Å². The van der Waals surface area contributed by atoms with E-state index < -0.39 is 0 Å². The molecule has 4 heteroatoms. The normalized spacial score (nSPS) is 21.6. The standard InChI is InChI=1S/C9H18N2OS/c1-9(2)7-11(5-4-10-9)8(12)6-13-3/h10H,4-7H2,1-3H3. The first-order valence-corrected chi connectivity index (χ1v) is 5.96. The Labute approximate surface area is 84.2 Å². The van der Waals surface area contributed by atoms with Crippen LogP contribution in [0.25, 0.3) is 0 Å². The average molecular weight is 202 g/mol. The van der Waals surface area contributed by atoms with Gasteiger partial charge in [-0.15, -0.1) is 0 Å². The van der Waals surface area contributed by atoms with Crippen LogP contribution in [0.1, 0.15) is 13.8 Å². The van der Waals surface area contributed by atoms with Crippen molar-refractivity contribution < 1.29 is 4.79 Å². The smallest absolute Gasteiger partial charge is 0.232 e. The van der Waals surface area contributed by atoms with Gasteiger partial charge in [0.2, 0.25) is 5.91 Å². The van der Waals surface area contributed by atoms with Crippen LogP contribution in [0.2, 0.25) is 0 Å². The molecule has 13 heavy (non-hydrogen) atoms. The van der Waals surface area contributed by atoms with Gasteiger partial charge in [0.1, 0.15) is 0 Å². The largest absolute Gasteiger partial charge is 0.339 e. The molecule has 1 aliphatic heterocycles. The van der Waals surface area contributed by atoms with Crippen molar-refractivity contribution in [2.75, 3.05) is 31.6 Å². The van der Waals surface area contributed by atoms with Gasteiger partial charge in [0.25, 0.3) is 0 Å². The highest BCUT2D eigenvalue weighted by Crippen LogP contribution is 2.11. The lowest BCUT2D eigenvalue weighted by Gasteiger charge is -2.39. The van der Waals surface area contributed by atoms with Crippen LogP contribution in [0.15, 0.2) is 0 Å². The summed E-state index contributed by atoms with van der Waals surface area (Å²) in [5.41, 5.74) is 0.0757. The minimum Gasteiger partial charge on any atom is -0.339 e. The summed E-state index contributed by atoms with van der Waals surface area (Å²) in [6, 6.07) is 0. The molecule has 0 aromatic rings. The van der Waals surface area contributed by atoms with Gasteiger partial charge in [0.05, 0.1) is 5.75 Å². The molecular weight excluding hydrogens is 184 g/mol. The summed E-state index contributed by atoms with van der Waals surface area (Å²) in [7, 11) is 0. The number of carbonyl (C=O) groups is 1. The second-order valence-corrected chi connectivity index (χ2v) is 4.92. The number of amides is 1. The maximum Gasteiger partial charge on any atom is 0.232 e. The molecule has 0 spiro atoms. The monoisotopic (exact) mass is 202 g/mol. The summed E-state index contributed by atoms with van der Waals surface area (Å²) in [5, 5.41) is 3.38. The molecule has 3 nitrogen and oxygen atoms in total. The van der Waals surface area contributed by atoms with Crippen molar-refractivity contribution in [2.45, 2.75) is 19.4 Å². The van der Waals surface area contributed by atoms with Gasteiger partial charge >= 0.3 is 0 Å². The van der Waals surface area contributed by atoms with Crippen LogP contribution in [-0.4, -0.2) is 48.0 Å². The molecule has 1 saturated heterocycles. The van der Waals surface area contributed by atoms with E-state index in [2.05, 4.69) is 19.2 Å². The summed E-state index contributed by atoms with van der Waals surface area (Å²) in [5.74, 6) is 0.873. The number of hydrogen-bond donors (Lipinski definition) is 1. The van der Waals surface area contributed by atoms with Crippen LogP contribution >= 0.6 is 11.8 Å². The Bertz CT molecular complexity index is 194. The summed E-state index contributed by atoms with van der Waals surface area (Å²) in [6.07, 6.45) is 1.96. The zero-order valence-corrected chi connectivity index (χ0v) is 9.41. The molecule has 0 aliphatic carbocycles. The van der Waals surface area contributed by atoms with Crippen molar-refractivity contribution in [1.29, 1.82) is 0 Å².